The van der Waals surface area contributed by atoms with E-state index in [4.69, 9.17) is 4.74 Å². The fourth-order valence-corrected chi connectivity index (χ4v) is 3.11. The first-order valence-corrected chi connectivity index (χ1v) is 9.14. The quantitative estimate of drug-likeness (QED) is 0.666. The second kappa shape index (κ2) is 7.59. The SMILES string of the molecule is C[C@@H]1Oc2ccc(NC(=O)c3ccccc3C(=O)c3ccccc3)cc2NC1=O. The van der Waals surface area contributed by atoms with Crippen molar-refractivity contribution in [1.29, 1.82) is 0 Å². The standard InChI is InChI=1S/C23H18N2O4/c1-14-22(27)25-19-13-16(11-12-20(19)29-14)24-23(28)18-10-6-5-9-17(18)21(26)15-7-3-2-4-8-15/h2-14H,1H3,(H,24,28)(H,25,27)/t14-/m0/s1. The highest BCUT2D eigenvalue weighted by atomic mass is 16.5. The van der Waals surface area contributed by atoms with Gasteiger partial charge in [-0.05, 0) is 31.2 Å². The van der Waals surface area contributed by atoms with E-state index in [9.17, 15) is 14.4 Å². The van der Waals surface area contributed by atoms with E-state index in [0.29, 0.717) is 28.3 Å². The maximum atomic E-state index is 12.9. The molecule has 3 aromatic rings. The van der Waals surface area contributed by atoms with E-state index in [1.165, 1.54) is 0 Å². The van der Waals surface area contributed by atoms with Crippen LogP contribution in [-0.2, 0) is 4.79 Å². The van der Waals surface area contributed by atoms with Crippen LogP contribution in [-0.4, -0.2) is 23.7 Å². The maximum Gasteiger partial charge on any atom is 0.265 e. The van der Waals surface area contributed by atoms with Gasteiger partial charge in [0.05, 0.1) is 11.3 Å². The summed E-state index contributed by atoms with van der Waals surface area (Å²) in [6, 6.07) is 20.5. The Morgan fingerprint density at radius 1 is 0.931 bits per heavy atom. The number of anilines is 2. The van der Waals surface area contributed by atoms with Crippen molar-refractivity contribution in [1.82, 2.24) is 0 Å². The van der Waals surface area contributed by atoms with Gasteiger partial charge in [0.1, 0.15) is 5.75 Å². The largest absolute Gasteiger partial charge is 0.479 e. The van der Waals surface area contributed by atoms with Crippen LogP contribution in [0.2, 0.25) is 0 Å². The lowest BCUT2D eigenvalue weighted by molar-refractivity contribution is -0.122. The molecule has 29 heavy (non-hydrogen) atoms. The van der Waals surface area contributed by atoms with Crippen LogP contribution >= 0.6 is 0 Å². The first-order valence-electron chi connectivity index (χ1n) is 9.14. The van der Waals surface area contributed by atoms with Crippen molar-refractivity contribution >= 4 is 29.0 Å². The van der Waals surface area contributed by atoms with Crippen molar-refractivity contribution in [3.05, 3.63) is 89.5 Å². The Labute approximate surface area is 167 Å². The van der Waals surface area contributed by atoms with Gasteiger partial charge >= 0.3 is 0 Å². The molecule has 2 amide bonds. The number of carbonyl (C=O) groups excluding carboxylic acids is 3. The lowest BCUT2D eigenvalue weighted by Gasteiger charge is -2.23. The molecule has 3 aromatic carbocycles. The predicted molar refractivity (Wildman–Crippen MR) is 109 cm³/mol. The monoisotopic (exact) mass is 386 g/mol. The van der Waals surface area contributed by atoms with Gasteiger partial charge in [0, 0.05) is 16.8 Å². The van der Waals surface area contributed by atoms with Gasteiger partial charge in [-0.25, -0.2) is 0 Å². The number of hydrogen-bond acceptors (Lipinski definition) is 4. The number of amides is 2. The topological polar surface area (TPSA) is 84.5 Å². The minimum absolute atomic E-state index is 0.226. The summed E-state index contributed by atoms with van der Waals surface area (Å²) >= 11 is 0. The average Bonchev–Trinajstić information content (AvgIpc) is 2.75. The molecule has 0 saturated heterocycles. The Bertz CT molecular complexity index is 1110. The summed E-state index contributed by atoms with van der Waals surface area (Å²) in [6.07, 6.45) is -0.571. The molecule has 1 heterocycles. The Morgan fingerprint density at radius 2 is 1.62 bits per heavy atom. The summed E-state index contributed by atoms with van der Waals surface area (Å²) in [5, 5.41) is 5.53. The lowest BCUT2D eigenvalue weighted by atomic mass is 9.98. The van der Waals surface area contributed by atoms with E-state index in [-0.39, 0.29) is 17.3 Å². The minimum atomic E-state index is -0.571. The molecule has 1 atom stereocenters. The molecule has 0 unspecified atom stereocenters. The van der Waals surface area contributed by atoms with Crippen LogP contribution in [0.25, 0.3) is 0 Å². The van der Waals surface area contributed by atoms with Gasteiger partial charge in [0.25, 0.3) is 11.8 Å². The number of rotatable bonds is 4. The number of ether oxygens (including phenoxy) is 1. The molecular weight excluding hydrogens is 368 g/mol. The van der Waals surface area contributed by atoms with Crippen LogP contribution < -0.4 is 15.4 Å². The smallest absolute Gasteiger partial charge is 0.265 e. The summed E-state index contributed by atoms with van der Waals surface area (Å²) < 4.78 is 5.52. The number of benzene rings is 3. The van der Waals surface area contributed by atoms with Crippen molar-refractivity contribution < 1.29 is 19.1 Å². The third-order valence-corrected chi connectivity index (χ3v) is 4.62. The molecule has 0 aromatic heterocycles. The molecule has 0 radical (unpaired) electrons. The minimum Gasteiger partial charge on any atom is -0.479 e. The molecule has 0 aliphatic carbocycles. The van der Waals surface area contributed by atoms with E-state index in [0.717, 1.165) is 0 Å². The second-order valence-electron chi connectivity index (χ2n) is 6.66. The van der Waals surface area contributed by atoms with Gasteiger partial charge < -0.3 is 15.4 Å². The van der Waals surface area contributed by atoms with Crippen LogP contribution in [0.1, 0.15) is 33.2 Å². The Kier molecular flexibility index (Phi) is 4.83. The van der Waals surface area contributed by atoms with E-state index in [1.807, 2.05) is 6.07 Å². The highest BCUT2D eigenvalue weighted by Gasteiger charge is 2.24. The van der Waals surface area contributed by atoms with Gasteiger partial charge in [-0.2, -0.15) is 0 Å². The molecule has 1 aliphatic rings. The molecule has 1 aliphatic heterocycles. The second-order valence-corrected chi connectivity index (χ2v) is 6.66. The van der Waals surface area contributed by atoms with Gasteiger partial charge in [-0.1, -0.05) is 48.5 Å². The zero-order valence-electron chi connectivity index (χ0n) is 15.6. The normalized spacial score (nSPS) is 14.9. The predicted octanol–water partition coefficient (Wildman–Crippen LogP) is 3.89. The zero-order chi connectivity index (χ0) is 20.4. The summed E-state index contributed by atoms with van der Waals surface area (Å²) in [6.45, 7) is 1.66. The van der Waals surface area contributed by atoms with Crippen LogP contribution in [0.3, 0.4) is 0 Å². The summed E-state index contributed by atoms with van der Waals surface area (Å²) in [5.41, 5.74) is 2.07. The van der Waals surface area contributed by atoms with Crippen molar-refractivity contribution in [3.8, 4) is 5.75 Å². The van der Waals surface area contributed by atoms with Crippen molar-refractivity contribution in [3.63, 3.8) is 0 Å². The van der Waals surface area contributed by atoms with Gasteiger partial charge in [0.2, 0.25) is 0 Å². The molecule has 6 nitrogen and oxygen atoms in total. The summed E-state index contributed by atoms with van der Waals surface area (Å²) in [5.74, 6) is -0.354. The highest BCUT2D eigenvalue weighted by Crippen LogP contribution is 2.32. The molecule has 2 N–H and O–H groups in total. The molecule has 0 fully saturated rings. The number of ketones is 1. The van der Waals surface area contributed by atoms with Gasteiger partial charge in [-0.3, -0.25) is 14.4 Å². The number of fused-ring (bicyclic) bond motifs is 1. The Morgan fingerprint density at radius 3 is 2.38 bits per heavy atom. The van der Waals surface area contributed by atoms with E-state index in [1.54, 1.807) is 73.7 Å². The Balaban J connectivity index is 1.60. The molecule has 144 valence electrons. The van der Waals surface area contributed by atoms with E-state index >= 15 is 0 Å². The van der Waals surface area contributed by atoms with Gasteiger partial charge in [0.15, 0.2) is 11.9 Å². The van der Waals surface area contributed by atoms with Crippen molar-refractivity contribution in [2.45, 2.75) is 13.0 Å². The number of hydrogen-bond donors (Lipinski definition) is 2. The number of carbonyl (C=O) groups is 3. The molecule has 0 saturated carbocycles. The summed E-state index contributed by atoms with van der Waals surface area (Å²) in [7, 11) is 0. The van der Waals surface area contributed by atoms with Crippen LogP contribution in [0.4, 0.5) is 11.4 Å². The first-order chi connectivity index (χ1) is 14.0. The lowest BCUT2D eigenvalue weighted by Crippen LogP contribution is -2.34. The summed E-state index contributed by atoms with van der Waals surface area (Å²) in [4.78, 5) is 37.5. The first kappa shape index (κ1) is 18.4. The molecular formula is C23H18N2O4. The number of nitrogens with one attached hydrogen (secondary N) is 2. The highest BCUT2D eigenvalue weighted by molar-refractivity contribution is 6.17. The molecule has 0 spiro atoms. The molecule has 0 bridgehead atoms. The maximum absolute atomic E-state index is 12.9. The molecule has 6 heteroatoms. The van der Waals surface area contributed by atoms with E-state index < -0.39 is 12.0 Å². The van der Waals surface area contributed by atoms with Crippen molar-refractivity contribution in [2.24, 2.45) is 0 Å². The molecule has 4 rings (SSSR count). The average molecular weight is 386 g/mol. The van der Waals surface area contributed by atoms with Crippen LogP contribution in [0.5, 0.6) is 5.75 Å². The Hall–Kier alpha value is -3.93. The van der Waals surface area contributed by atoms with E-state index in [2.05, 4.69) is 10.6 Å². The fourth-order valence-electron chi connectivity index (χ4n) is 3.11. The fraction of sp³-hybridized carbons (Fsp3) is 0.0870. The van der Waals surface area contributed by atoms with Crippen LogP contribution in [0, 0.1) is 0 Å². The third kappa shape index (κ3) is 3.73. The van der Waals surface area contributed by atoms with Crippen LogP contribution in [0.15, 0.2) is 72.8 Å². The zero-order valence-corrected chi connectivity index (χ0v) is 15.6. The van der Waals surface area contributed by atoms with Gasteiger partial charge in [-0.15, -0.1) is 0 Å². The third-order valence-electron chi connectivity index (χ3n) is 4.62. The van der Waals surface area contributed by atoms with Crippen molar-refractivity contribution in [2.75, 3.05) is 10.6 Å².